The zero-order valence-electron chi connectivity index (χ0n) is 12.7. The highest BCUT2D eigenvalue weighted by molar-refractivity contribution is 7.88. The van der Waals surface area contributed by atoms with Gasteiger partial charge in [-0.1, -0.05) is 36.4 Å². The SMILES string of the molecule is CC(C)(CNCc1ccc2ccccc2c1)NS(C)(=O)=O. The molecule has 0 aliphatic carbocycles. The number of rotatable bonds is 6. The Hall–Kier alpha value is -1.43. The van der Waals surface area contributed by atoms with Gasteiger partial charge in [0, 0.05) is 18.6 Å². The van der Waals surface area contributed by atoms with Gasteiger partial charge in [-0.3, -0.25) is 0 Å². The smallest absolute Gasteiger partial charge is 0.209 e. The lowest BCUT2D eigenvalue weighted by atomic mass is 10.1. The van der Waals surface area contributed by atoms with E-state index in [9.17, 15) is 8.42 Å². The van der Waals surface area contributed by atoms with E-state index in [2.05, 4.69) is 40.4 Å². The Balaban J connectivity index is 1.96. The highest BCUT2D eigenvalue weighted by Crippen LogP contribution is 2.15. The third-order valence-electron chi connectivity index (χ3n) is 3.17. The molecule has 0 atom stereocenters. The molecule has 0 bridgehead atoms. The minimum atomic E-state index is -3.20. The number of nitrogens with one attached hydrogen (secondary N) is 2. The second kappa shape index (κ2) is 6.13. The number of fused-ring (bicyclic) bond motifs is 1. The van der Waals surface area contributed by atoms with Gasteiger partial charge in [0.25, 0.3) is 0 Å². The molecule has 0 aromatic heterocycles. The molecular formula is C16H22N2O2S. The van der Waals surface area contributed by atoms with E-state index in [-0.39, 0.29) is 0 Å². The van der Waals surface area contributed by atoms with E-state index in [0.29, 0.717) is 13.1 Å². The highest BCUT2D eigenvalue weighted by Gasteiger charge is 2.21. The van der Waals surface area contributed by atoms with Crippen molar-refractivity contribution in [1.29, 1.82) is 0 Å². The van der Waals surface area contributed by atoms with Gasteiger partial charge < -0.3 is 5.32 Å². The van der Waals surface area contributed by atoms with E-state index in [0.717, 1.165) is 0 Å². The summed E-state index contributed by atoms with van der Waals surface area (Å²) in [5, 5.41) is 5.74. The lowest BCUT2D eigenvalue weighted by Crippen LogP contribution is -2.49. The molecule has 2 aromatic carbocycles. The van der Waals surface area contributed by atoms with E-state index >= 15 is 0 Å². The van der Waals surface area contributed by atoms with Crippen LogP contribution >= 0.6 is 0 Å². The molecule has 0 spiro atoms. The standard InChI is InChI=1S/C16H22N2O2S/c1-16(2,18-21(3,19)20)12-17-11-13-8-9-14-6-4-5-7-15(14)10-13/h4-10,17-18H,11-12H2,1-3H3. The summed E-state index contributed by atoms with van der Waals surface area (Å²) in [6.45, 7) is 5.00. The number of sulfonamides is 1. The zero-order valence-corrected chi connectivity index (χ0v) is 13.5. The fourth-order valence-electron chi connectivity index (χ4n) is 2.41. The normalized spacial score (nSPS) is 12.7. The van der Waals surface area contributed by atoms with Gasteiger partial charge in [0.15, 0.2) is 0 Å². The van der Waals surface area contributed by atoms with Crippen molar-refractivity contribution in [3.63, 3.8) is 0 Å². The molecule has 21 heavy (non-hydrogen) atoms. The van der Waals surface area contributed by atoms with Gasteiger partial charge >= 0.3 is 0 Å². The fraction of sp³-hybridized carbons (Fsp3) is 0.375. The Morgan fingerprint density at radius 2 is 1.71 bits per heavy atom. The Morgan fingerprint density at radius 1 is 1.05 bits per heavy atom. The van der Waals surface area contributed by atoms with Crippen molar-refractivity contribution in [1.82, 2.24) is 10.0 Å². The summed E-state index contributed by atoms with van der Waals surface area (Å²) in [5.74, 6) is 0. The van der Waals surface area contributed by atoms with Crippen molar-refractivity contribution in [2.75, 3.05) is 12.8 Å². The average Bonchev–Trinajstić information content (AvgIpc) is 2.35. The summed E-state index contributed by atoms with van der Waals surface area (Å²) in [6.07, 6.45) is 1.18. The minimum Gasteiger partial charge on any atom is -0.311 e. The Bertz CT molecular complexity index is 724. The van der Waals surface area contributed by atoms with Crippen LogP contribution in [0.2, 0.25) is 0 Å². The van der Waals surface area contributed by atoms with Gasteiger partial charge in [-0.25, -0.2) is 13.1 Å². The molecule has 0 saturated carbocycles. The molecule has 2 N–H and O–H groups in total. The average molecular weight is 306 g/mol. The van der Waals surface area contributed by atoms with Crippen molar-refractivity contribution in [3.05, 3.63) is 48.0 Å². The Morgan fingerprint density at radius 3 is 2.38 bits per heavy atom. The molecule has 0 fully saturated rings. The van der Waals surface area contributed by atoms with Crippen LogP contribution in [0.25, 0.3) is 10.8 Å². The molecule has 114 valence electrons. The summed E-state index contributed by atoms with van der Waals surface area (Å²) in [7, 11) is -3.20. The molecule has 0 saturated heterocycles. The second-order valence-corrected chi connectivity index (χ2v) is 7.79. The van der Waals surface area contributed by atoms with Gasteiger partial charge in [-0.2, -0.15) is 0 Å². The second-order valence-electron chi connectivity index (χ2n) is 6.04. The van der Waals surface area contributed by atoms with Crippen molar-refractivity contribution >= 4 is 20.8 Å². The first-order valence-corrected chi connectivity index (χ1v) is 8.82. The number of benzene rings is 2. The molecule has 0 unspecified atom stereocenters. The molecule has 0 amide bonds. The van der Waals surface area contributed by atoms with E-state index in [1.807, 2.05) is 26.0 Å². The summed E-state index contributed by atoms with van der Waals surface area (Å²) >= 11 is 0. The molecule has 2 aromatic rings. The molecule has 2 rings (SSSR count). The molecular weight excluding hydrogens is 284 g/mol. The zero-order chi connectivity index (χ0) is 15.5. The van der Waals surface area contributed by atoms with Crippen molar-refractivity contribution in [3.8, 4) is 0 Å². The lowest BCUT2D eigenvalue weighted by Gasteiger charge is -2.25. The lowest BCUT2D eigenvalue weighted by molar-refractivity contribution is 0.421. The van der Waals surface area contributed by atoms with Gasteiger partial charge in [-0.15, -0.1) is 0 Å². The fourth-order valence-corrected chi connectivity index (χ4v) is 3.48. The van der Waals surface area contributed by atoms with Crippen molar-refractivity contribution in [2.45, 2.75) is 25.9 Å². The van der Waals surface area contributed by atoms with Crippen LogP contribution in [-0.2, 0) is 16.6 Å². The third kappa shape index (κ3) is 5.12. The maximum atomic E-state index is 11.3. The number of hydrogen-bond donors (Lipinski definition) is 2. The molecule has 0 aliphatic rings. The van der Waals surface area contributed by atoms with Crippen LogP contribution in [-0.4, -0.2) is 26.8 Å². The monoisotopic (exact) mass is 306 g/mol. The summed E-state index contributed by atoms with van der Waals surface area (Å²) in [6, 6.07) is 14.6. The first kappa shape index (κ1) is 15.9. The maximum absolute atomic E-state index is 11.3. The predicted octanol–water partition coefficient (Wildman–Crippen LogP) is 2.26. The van der Waals surface area contributed by atoms with Crippen LogP contribution in [0.5, 0.6) is 0 Å². The predicted molar refractivity (Wildman–Crippen MR) is 87.7 cm³/mol. The first-order valence-electron chi connectivity index (χ1n) is 6.93. The molecule has 0 aliphatic heterocycles. The van der Waals surface area contributed by atoms with E-state index < -0.39 is 15.6 Å². The summed E-state index contributed by atoms with van der Waals surface area (Å²) in [4.78, 5) is 0. The summed E-state index contributed by atoms with van der Waals surface area (Å²) < 4.78 is 25.2. The van der Waals surface area contributed by atoms with Crippen LogP contribution < -0.4 is 10.0 Å². The largest absolute Gasteiger partial charge is 0.311 e. The minimum absolute atomic E-state index is 0.509. The Kier molecular flexibility index (Phi) is 4.66. The van der Waals surface area contributed by atoms with E-state index in [4.69, 9.17) is 0 Å². The van der Waals surface area contributed by atoms with Crippen LogP contribution in [0.15, 0.2) is 42.5 Å². The van der Waals surface area contributed by atoms with Crippen LogP contribution in [0.1, 0.15) is 19.4 Å². The molecule has 5 heteroatoms. The van der Waals surface area contributed by atoms with Gasteiger partial charge in [0.1, 0.15) is 0 Å². The molecule has 0 radical (unpaired) electrons. The summed E-state index contributed by atoms with van der Waals surface area (Å²) in [5.41, 5.74) is 0.675. The van der Waals surface area contributed by atoms with Gasteiger partial charge in [-0.05, 0) is 36.2 Å². The first-order chi connectivity index (χ1) is 9.75. The van der Waals surface area contributed by atoms with Crippen LogP contribution in [0, 0.1) is 0 Å². The van der Waals surface area contributed by atoms with Gasteiger partial charge in [0.05, 0.1) is 6.26 Å². The van der Waals surface area contributed by atoms with E-state index in [1.165, 1.54) is 22.6 Å². The third-order valence-corrected chi connectivity index (χ3v) is 4.10. The Labute approximate surface area is 126 Å². The van der Waals surface area contributed by atoms with Crippen LogP contribution in [0.4, 0.5) is 0 Å². The number of hydrogen-bond acceptors (Lipinski definition) is 3. The maximum Gasteiger partial charge on any atom is 0.209 e. The quantitative estimate of drug-likeness (QED) is 0.860. The topological polar surface area (TPSA) is 58.2 Å². The van der Waals surface area contributed by atoms with Crippen molar-refractivity contribution < 1.29 is 8.42 Å². The van der Waals surface area contributed by atoms with Crippen molar-refractivity contribution in [2.24, 2.45) is 0 Å². The molecule has 4 nitrogen and oxygen atoms in total. The van der Waals surface area contributed by atoms with Crippen LogP contribution in [0.3, 0.4) is 0 Å². The molecule has 0 heterocycles. The van der Waals surface area contributed by atoms with E-state index in [1.54, 1.807) is 0 Å². The van der Waals surface area contributed by atoms with Gasteiger partial charge in [0.2, 0.25) is 10.0 Å². The highest BCUT2D eigenvalue weighted by atomic mass is 32.2.